The lowest BCUT2D eigenvalue weighted by Crippen LogP contribution is -2.27. The topological polar surface area (TPSA) is 0 Å². The fourth-order valence-corrected chi connectivity index (χ4v) is 3.55. The third-order valence-electron chi connectivity index (χ3n) is 5.23. The predicted octanol–water partition coefficient (Wildman–Crippen LogP) is 5.81. The molecular formula is C16H32. The zero-order chi connectivity index (χ0) is 12.0. The second-order valence-corrected chi connectivity index (χ2v) is 6.40. The summed E-state index contributed by atoms with van der Waals surface area (Å²) in [6, 6.07) is 0. The summed E-state index contributed by atoms with van der Waals surface area (Å²) in [7, 11) is 0. The van der Waals surface area contributed by atoms with Crippen LogP contribution in [0.25, 0.3) is 0 Å². The average molecular weight is 224 g/mol. The molecule has 0 heterocycles. The van der Waals surface area contributed by atoms with E-state index in [4.69, 9.17) is 0 Å². The molecule has 2 unspecified atom stereocenters. The molecule has 1 aliphatic rings. The van der Waals surface area contributed by atoms with Crippen molar-refractivity contribution < 1.29 is 0 Å². The van der Waals surface area contributed by atoms with Gasteiger partial charge in [-0.1, -0.05) is 72.6 Å². The maximum absolute atomic E-state index is 2.52. The summed E-state index contributed by atoms with van der Waals surface area (Å²) >= 11 is 0. The molecule has 2 atom stereocenters. The first-order chi connectivity index (χ1) is 7.62. The highest BCUT2D eigenvalue weighted by molar-refractivity contribution is 4.81. The van der Waals surface area contributed by atoms with E-state index in [1.807, 2.05) is 0 Å². The lowest BCUT2D eigenvalue weighted by molar-refractivity contribution is 0.133. The summed E-state index contributed by atoms with van der Waals surface area (Å²) in [5.41, 5.74) is 0.603. The zero-order valence-electron chi connectivity index (χ0n) is 12.0. The van der Waals surface area contributed by atoms with Crippen molar-refractivity contribution in [2.24, 2.45) is 17.3 Å². The number of hydrogen-bond acceptors (Lipinski definition) is 0. The molecule has 0 bridgehead atoms. The standard InChI is InChI=1S/C16H32/c1-5-12-16(4,6-2)14(3)13-15-10-8-7-9-11-15/h14-15H,5-13H2,1-4H3. The van der Waals surface area contributed by atoms with Gasteiger partial charge in [-0.3, -0.25) is 0 Å². The van der Waals surface area contributed by atoms with Crippen molar-refractivity contribution >= 4 is 0 Å². The van der Waals surface area contributed by atoms with Crippen molar-refractivity contribution in [3.05, 3.63) is 0 Å². The van der Waals surface area contributed by atoms with E-state index in [2.05, 4.69) is 27.7 Å². The van der Waals surface area contributed by atoms with E-state index < -0.39 is 0 Å². The van der Waals surface area contributed by atoms with Crippen molar-refractivity contribution in [2.45, 2.75) is 85.5 Å². The maximum Gasteiger partial charge on any atom is -0.0303 e. The first-order valence-electron chi connectivity index (χ1n) is 7.62. The van der Waals surface area contributed by atoms with Gasteiger partial charge < -0.3 is 0 Å². The minimum absolute atomic E-state index is 0.603. The van der Waals surface area contributed by atoms with E-state index in [0.717, 1.165) is 11.8 Å². The molecule has 1 fully saturated rings. The predicted molar refractivity (Wildman–Crippen MR) is 73.7 cm³/mol. The van der Waals surface area contributed by atoms with E-state index in [1.54, 1.807) is 0 Å². The number of rotatable bonds is 6. The van der Waals surface area contributed by atoms with Crippen LogP contribution in [0.15, 0.2) is 0 Å². The quantitative estimate of drug-likeness (QED) is 0.534. The summed E-state index contributed by atoms with van der Waals surface area (Å²) in [4.78, 5) is 0. The first-order valence-corrected chi connectivity index (χ1v) is 7.62. The second-order valence-electron chi connectivity index (χ2n) is 6.40. The van der Waals surface area contributed by atoms with Gasteiger partial charge in [0.2, 0.25) is 0 Å². The van der Waals surface area contributed by atoms with Crippen LogP contribution in [0.1, 0.15) is 85.5 Å². The van der Waals surface area contributed by atoms with Crippen LogP contribution in [0.3, 0.4) is 0 Å². The third kappa shape index (κ3) is 3.79. The lowest BCUT2D eigenvalue weighted by atomic mass is 9.68. The Kier molecular flexibility index (Phi) is 5.86. The fraction of sp³-hybridized carbons (Fsp3) is 1.00. The molecule has 1 aliphatic carbocycles. The monoisotopic (exact) mass is 224 g/mol. The Bertz CT molecular complexity index is 178. The molecular weight excluding hydrogens is 192 g/mol. The molecule has 0 saturated heterocycles. The van der Waals surface area contributed by atoms with Gasteiger partial charge in [0.15, 0.2) is 0 Å². The van der Waals surface area contributed by atoms with Crippen molar-refractivity contribution in [3.63, 3.8) is 0 Å². The van der Waals surface area contributed by atoms with Gasteiger partial charge in [-0.25, -0.2) is 0 Å². The van der Waals surface area contributed by atoms with Crippen molar-refractivity contribution in [2.75, 3.05) is 0 Å². The highest BCUT2D eigenvalue weighted by atomic mass is 14.4. The minimum atomic E-state index is 0.603. The highest BCUT2D eigenvalue weighted by Gasteiger charge is 2.30. The van der Waals surface area contributed by atoms with Crippen LogP contribution in [0.4, 0.5) is 0 Å². The van der Waals surface area contributed by atoms with Crippen LogP contribution in [0.5, 0.6) is 0 Å². The Morgan fingerprint density at radius 1 is 1.12 bits per heavy atom. The molecule has 0 nitrogen and oxygen atoms in total. The molecule has 0 aromatic carbocycles. The van der Waals surface area contributed by atoms with E-state index in [0.29, 0.717) is 5.41 Å². The Morgan fingerprint density at radius 2 is 1.75 bits per heavy atom. The van der Waals surface area contributed by atoms with Gasteiger partial charge in [0.05, 0.1) is 0 Å². The second kappa shape index (κ2) is 6.67. The first kappa shape index (κ1) is 14.1. The van der Waals surface area contributed by atoms with Gasteiger partial charge in [-0.05, 0) is 30.1 Å². The van der Waals surface area contributed by atoms with E-state index in [-0.39, 0.29) is 0 Å². The average Bonchev–Trinajstić information content (AvgIpc) is 2.30. The lowest BCUT2D eigenvalue weighted by Gasteiger charge is -2.37. The summed E-state index contributed by atoms with van der Waals surface area (Å²) in [6.45, 7) is 9.74. The van der Waals surface area contributed by atoms with Gasteiger partial charge in [0, 0.05) is 0 Å². The Balaban J connectivity index is 2.44. The van der Waals surface area contributed by atoms with Crippen LogP contribution in [0, 0.1) is 17.3 Å². The summed E-state index contributed by atoms with van der Waals surface area (Å²) in [5, 5.41) is 0. The molecule has 0 aromatic heterocycles. The normalized spacial score (nSPS) is 24.0. The highest BCUT2D eigenvalue weighted by Crippen LogP contribution is 2.41. The summed E-state index contributed by atoms with van der Waals surface area (Å²) < 4.78 is 0. The van der Waals surface area contributed by atoms with Crippen molar-refractivity contribution in [3.8, 4) is 0 Å². The van der Waals surface area contributed by atoms with Crippen LogP contribution >= 0.6 is 0 Å². The molecule has 0 N–H and O–H groups in total. The molecule has 1 saturated carbocycles. The van der Waals surface area contributed by atoms with E-state index in [1.165, 1.54) is 57.8 Å². The molecule has 16 heavy (non-hydrogen) atoms. The Morgan fingerprint density at radius 3 is 2.25 bits per heavy atom. The van der Waals surface area contributed by atoms with Gasteiger partial charge in [0.25, 0.3) is 0 Å². The largest absolute Gasteiger partial charge is 0.0654 e. The third-order valence-corrected chi connectivity index (χ3v) is 5.23. The molecule has 0 spiro atoms. The van der Waals surface area contributed by atoms with Crippen LogP contribution < -0.4 is 0 Å². The van der Waals surface area contributed by atoms with Crippen LogP contribution in [-0.4, -0.2) is 0 Å². The van der Waals surface area contributed by atoms with E-state index >= 15 is 0 Å². The maximum atomic E-state index is 2.52. The van der Waals surface area contributed by atoms with Gasteiger partial charge in [0.1, 0.15) is 0 Å². The molecule has 0 amide bonds. The molecule has 1 rings (SSSR count). The summed E-state index contributed by atoms with van der Waals surface area (Å²) in [6.07, 6.45) is 13.1. The number of hydrogen-bond donors (Lipinski definition) is 0. The minimum Gasteiger partial charge on any atom is -0.0654 e. The van der Waals surface area contributed by atoms with E-state index in [9.17, 15) is 0 Å². The Labute approximate surface area is 103 Å². The molecule has 0 radical (unpaired) electrons. The molecule has 96 valence electrons. The van der Waals surface area contributed by atoms with Gasteiger partial charge >= 0.3 is 0 Å². The van der Waals surface area contributed by atoms with Gasteiger partial charge in [-0.15, -0.1) is 0 Å². The smallest absolute Gasteiger partial charge is 0.0303 e. The Hall–Kier alpha value is 0. The van der Waals surface area contributed by atoms with Crippen molar-refractivity contribution in [1.82, 2.24) is 0 Å². The zero-order valence-corrected chi connectivity index (χ0v) is 12.0. The molecule has 0 heteroatoms. The van der Waals surface area contributed by atoms with Crippen LogP contribution in [0.2, 0.25) is 0 Å². The van der Waals surface area contributed by atoms with Gasteiger partial charge in [-0.2, -0.15) is 0 Å². The van der Waals surface area contributed by atoms with Crippen LogP contribution in [-0.2, 0) is 0 Å². The fourth-order valence-electron chi connectivity index (χ4n) is 3.55. The SMILES string of the molecule is CCCC(C)(CC)C(C)CC1CCCCC1. The molecule has 0 aliphatic heterocycles. The summed E-state index contributed by atoms with van der Waals surface area (Å²) in [5.74, 6) is 1.96. The van der Waals surface area contributed by atoms with Crippen molar-refractivity contribution in [1.29, 1.82) is 0 Å². The molecule has 0 aromatic rings.